The minimum atomic E-state index is -0.593. The summed E-state index contributed by atoms with van der Waals surface area (Å²) in [6.45, 7) is 5.08. The lowest BCUT2D eigenvalue weighted by molar-refractivity contribution is -0.385. The predicted molar refractivity (Wildman–Crippen MR) is 73.9 cm³/mol. The van der Waals surface area contributed by atoms with Crippen molar-refractivity contribution >= 4 is 23.2 Å². The van der Waals surface area contributed by atoms with Gasteiger partial charge in [-0.3, -0.25) is 14.9 Å². The van der Waals surface area contributed by atoms with E-state index in [9.17, 15) is 14.9 Å². The lowest BCUT2D eigenvalue weighted by atomic mass is 10.1. The van der Waals surface area contributed by atoms with Gasteiger partial charge in [-0.15, -0.1) is 0 Å². The summed E-state index contributed by atoms with van der Waals surface area (Å²) < 4.78 is 0. The van der Waals surface area contributed by atoms with E-state index in [1.807, 2.05) is 13.8 Å². The third-order valence-electron chi connectivity index (χ3n) is 3.29. The topological polar surface area (TPSA) is 88.4 Å². The quantitative estimate of drug-likeness (QED) is 0.507. The summed E-state index contributed by atoms with van der Waals surface area (Å²) in [7, 11) is 0. The highest BCUT2D eigenvalue weighted by atomic mass is 35.5. The molecule has 0 aliphatic carbocycles. The zero-order valence-electron chi connectivity index (χ0n) is 11.2. The van der Waals surface area contributed by atoms with Crippen LogP contribution in [0.1, 0.15) is 24.2 Å². The molecule has 2 rings (SSSR count). The van der Waals surface area contributed by atoms with Crippen LogP contribution in [0, 0.1) is 10.1 Å². The van der Waals surface area contributed by atoms with Gasteiger partial charge in [-0.25, -0.2) is 4.98 Å². The molecule has 2 unspecified atom stereocenters. The van der Waals surface area contributed by atoms with Crippen molar-refractivity contribution in [3.8, 4) is 0 Å². The number of hydrogen-bond donors (Lipinski definition) is 1. The van der Waals surface area contributed by atoms with E-state index in [-0.39, 0.29) is 34.4 Å². The summed E-state index contributed by atoms with van der Waals surface area (Å²) in [4.78, 5) is 28.1. The van der Waals surface area contributed by atoms with Gasteiger partial charge in [0.25, 0.3) is 11.6 Å². The number of nitrogens with zero attached hydrogens (tertiary/aromatic N) is 3. The molecular weight excluding hydrogens is 284 g/mol. The molecule has 2 atom stereocenters. The summed E-state index contributed by atoms with van der Waals surface area (Å²) in [6.07, 6.45) is 1.04. The number of piperazine rings is 1. The first-order valence-electron chi connectivity index (χ1n) is 6.24. The molecule has 0 radical (unpaired) electrons. The molecule has 20 heavy (non-hydrogen) atoms. The normalized spacial score (nSPS) is 22.6. The summed E-state index contributed by atoms with van der Waals surface area (Å²) in [6, 6.07) is 1.34. The minimum absolute atomic E-state index is 0.00553. The Labute approximate surface area is 121 Å². The second kappa shape index (κ2) is 5.72. The van der Waals surface area contributed by atoms with Crippen molar-refractivity contribution in [1.82, 2.24) is 15.2 Å². The van der Waals surface area contributed by atoms with Gasteiger partial charge in [0.2, 0.25) is 0 Å². The van der Waals surface area contributed by atoms with E-state index in [1.54, 1.807) is 4.90 Å². The number of pyridine rings is 1. The smallest absolute Gasteiger partial charge is 0.288 e. The second-order valence-electron chi connectivity index (χ2n) is 4.90. The Balaban J connectivity index is 2.32. The molecule has 1 amide bonds. The Morgan fingerprint density at radius 1 is 1.60 bits per heavy atom. The molecule has 1 aromatic heterocycles. The van der Waals surface area contributed by atoms with Crippen LogP contribution in [0.15, 0.2) is 12.3 Å². The van der Waals surface area contributed by atoms with Gasteiger partial charge in [-0.1, -0.05) is 11.6 Å². The number of nitro groups is 1. The maximum atomic E-state index is 12.5. The van der Waals surface area contributed by atoms with Crippen LogP contribution in [0.25, 0.3) is 0 Å². The first-order valence-corrected chi connectivity index (χ1v) is 6.62. The molecule has 1 aliphatic heterocycles. The number of amides is 1. The summed E-state index contributed by atoms with van der Waals surface area (Å²) in [5.41, 5.74) is -0.171. The number of rotatable bonds is 2. The third kappa shape index (κ3) is 2.88. The first kappa shape index (κ1) is 14.7. The molecular formula is C12H15ClN4O3. The van der Waals surface area contributed by atoms with Crippen molar-refractivity contribution in [2.75, 3.05) is 13.1 Å². The molecule has 8 heteroatoms. The average molecular weight is 299 g/mol. The van der Waals surface area contributed by atoms with Crippen molar-refractivity contribution in [3.05, 3.63) is 33.1 Å². The van der Waals surface area contributed by atoms with E-state index in [4.69, 9.17) is 11.6 Å². The van der Waals surface area contributed by atoms with Crippen LogP contribution in [0.4, 0.5) is 5.69 Å². The Morgan fingerprint density at radius 3 is 2.95 bits per heavy atom. The van der Waals surface area contributed by atoms with Gasteiger partial charge in [-0.2, -0.15) is 0 Å². The molecule has 7 nitrogen and oxygen atoms in total. The van der Waals surface area contributed by atoms with E-state index >= 15 is 0 Å². The second-order valence-corrected chi connectivity index (χ2v) is 5.26. The van der Waals surface area contributed by atoms with E-state index < -0.39 is 4.92 Å². The summed E-state index contributed by atoms with van der Waals surface area (Å²) >= 11 is 5.90. The van der Waals surface area contributed by atoms with Gasteiger partial charge in [0.1, 0.15) is 11.3 Å². The number of nitrogens with one attached hydrogen (secondary N) is 1. The Bertz CT molecular complexity index is 552. The fourth-order valence-electron chi connectivity index (χ4n) is 2.15. The van der Waals surface area contributed by atoms with Gasteiger partial charge in [0, 0.05) is 31.2 Å². The summed E-state index contributed by atoms with van der Waals surface area (Å²) in [5, 5.41) is 14.0. The van der Waals surface area contributed by atoms with Gasteiger partial charge >= 0.3 is 0 Å². The maximum Gasteiger partial charge on any atom is 0.288 e. The fraction of sp³-hybridized carbons (Fsp3) is 0.500. The summed E-state index contributed by atoms with van der Waals surface area (Å²) in [5.74, 6) is -0.327. The molecule has 1 aliphatic rings. The van der Waals surface area contributed by atoms with Crippen molar-refractivity contribution in [1.29, 1.82) is 0 Å². The zero-order valence-corrected chi connectivity index (χ0v) is 11.9. The first-order chi connectivity index (χ1) is 9.40. The number of halogens is 1. The molecule has 0 saturated carbocycles. The lowest BCUT2D eigenvalue weighted by Crippen LogP contribution is -2.56. The Hall–Kier alpha value is -1.73. The monoisotopic (exact) mass is 298 g/mol. The molecule has 0 bridgehead atoms. The Morgan fingerprint density at radius 2 is 2.30 bits per heavy atom. The van der Waals surface area contributed by atoms with Crippen LogP contribution < -0.4 is 5.32 Å². The van der Waals surface area contributed by atoms with Crippen LogP contribution in [-0.4, -0.2) is 45.9 Å². The van der Waals surface area contributed by atoms with E-state index in [2.05, 4.69) is 10.3 Å². The lowest BCUT2D eigenvalue weighted by Gasteiger charge is -2.37. The maximum absolute atomic E-state index is 12.5. The highest BCUT2D eigenvalue weighted by molar-refractivity contribution is 6.32. The highest BCUT2D eigenvalue weighted by Crippen LogP contribution is 2.22. The standard InChI is InChI=1S/C12H15ClN4O3/c1-7-6-16(8(2)4-14-7)12(18)10-3-9(17(19)20)5-15-11(10)13/h3,5,7-8,14H,4,6H2,1-2H3. The minimum Gasteiger partial charge on any atom is -0.333 e. The third-order valence-corrected chi connectivity index (χ3v) is 3.59. The van der Waals surface area contributed by atoms with Crippen LogP contribution in [-0.2, 0) is 0 Å². The molecule has 1 N–H and O–H groups in total. The van der Waals surface area contributed by atoms with Crippen LogP contribution >= 0.6 is 11.6 Å². The predicted octanol–water partition coefficient (Wildman–Crippen LogP) is 1.47. The molecule has 0 aromatic carbocycles. The molecule has 1 aromatic rings. The van der Waals surface area contributed by atoms with Gasteiger partial charge < -0.3 is 10.2 Å². The van der Waals surface area contributed by atoms with Gasteiger partial charge in [0.15, 0.2) is 0 Å². The van der Waals surface area contributed by atoms with Crippen LogP contribution in [0.2, 0.25) is 5.15 Å². The molecule has 108 valence electrons. The SMILES string of the molecule is CC1CN(C(=O)c2cc([N+](=O)[O-])cnc2Cl)C(C)CN1. The van der Waals surface area contributed by atoms with Crippen molar-refractivity contribution in [2.45, 2.75) is 25.9 Å². The van der Waals surface area contributed by atoms with Gasteiger partial charge in [-0.05, 0) is 13.8 Å². The Kier molecular flexibility index (Phi) is 4.20. The largest absolute Gasteiger partial charge is 0.333 e. The fourth-order valence-corrected chi connectivity index (χ4v) is 2.33. The van der Waals surface area contributed by atoms with Crippen LogP contribution in [0.5, 0.6) is 0 Å². The number of hydrogen-bond acceptors (Lipinski definition) is 5. The van der Waals surface area contributed by atoms with Crippen molar-refractivity contribution in [3.63, 3.8) is 0 Å². The van der Waals surface area contributed by atoms with E-state index in [1.165, 1.54) is 6.07 Å². The van der Waals surface area contributed by atoms with Crippen LogP contribution in [0.3, 0.4) is 0 Å². The average Bonchev–Trinajstić information content (AvgIpc) is 2.41. The van der Waals surface area contributed by atoms with Crippen molar-refractivity contribution < 1.29 is 9.72 Å². The zero-order chi connectivity index (χ0) is 14.9. The number of carbonyl (C=O) groups excluding carboxylic acids is 1. The van der Waals surface area contributed by atoms with Crippen molar-refractivity contribution in [2.24, 2.45) is 0 Å². The highest BCUT2D eigenvalue weighted by Gasteiger charge is 2.29. The number of carbonyl (C=O) groups is 1. The van der Waals surface area contributed by atoms with E-state index in [0.29, 0.717) is 13.1 Å². The molecule has 1 fully saturated rings. The van der Waals surface area contributed by atoms with E-state index in [0.717, 1.165) is 6.20 Å². The molecule has 1 saturated heterocycles. The number of aromatic nitrogens is 1. The van der Waals surface area contributed by atoms with Gasteiger partial charge in [0.05, 0.1) is 10.5 Å². The molecule has 0 spiro atoms. The molecule has 2 heterocycles.